The summed E-state index contributed by atoms with van der Waals surface area (Å²) in [4.78, 5) is 12.2. The van der Waals surface area contributed by atoms with Gasteiger partial charge in [0, 0.05) is 24.3 Å². The zero-order valence-electron chi connectivity index (χ0n) is 11.1. The van der Waals surface area contributed by atoms with Crippen LogP contribution in [0.25, 0.3) is 0 Å². The van der Waals surface area contributed by atoms with Crippen LogP contribution in [0.5, 0.6) is 0 Å². The molecular weight excluding hydrogens is 278 g/mol. The zero-order valence-corrected chi connectivity index (χ0v) is 12.0. The number of sulfone groups is 1. The SMILES string of the molecule is CC(C(=O)Nc1cccc(S(C)(=O)=O)c1)n1cccn1. The fourth-order valence-corrected chi connectivity index (χ4v) is 2.35. The number of hydrogen-bond donors (Lipinski definition) is 1. The molecule has 1 heterocycles. The number of benzene rings is 1. The van der Waals surface area contributed by atoms with Crippen molar-refractivity contribution in [3.05, 3.63) is 42.7 Å². The number of nitrogens with one attached hydrogen (secondary N) is 1. The first-order chi connectivity index (χ1) is 9.38. The highest BCUT2D eigenvalue weighted by Crippen LogP contribution is 2.16. The number of amides is 1. The van der Waals surface area contributed by atoms with Crippen molar-refractivity contribution in [3.8, 4) is 0 Å². The van der Waals surface area contributed by atoms with Gasteiger partial charge in [-0.3, -0.25) is 9.48 Å². The van der Waals surface area contributed by atoms with Crippen LogP contribution in [0, 0.1) is 0 Å². The van der Waals surface area contributed by atoms with Gasteiger partial charge >= 0.3 is 0 Å². The summed E-state index contributed by atoms with van der Waals surface area (Å²) < 4.78 is 24.5. The van der Waals surface area contributed by atoms with E-state index < -0.39 is 15.9 Å². The first-order valence-corrected chi connectivity index (χ1v) is 7.87. The van der Waals surface area contributed by atoms with Crippen molar-refractivity contribution in [2.24, 2.45) is 0 Å². The predicted octanol–water partition coefficient (Wildman–Crippen LogP) is 1.49. The largest absolute Gasteiger partial charge is 0.324 e. The van der Waals surface area contributed by atoms with Crippen LogP contribution in [0.1, 0.15) is 13.0 Å². The van der Waals surface area contributed by atoms with Crippen molar-refractivity contribution in [1.82, 2.24) is 9.78 Å². The Bertz CT molecular complexity index is 708. The van der Waals surface area contributed by atoms with Crippen molar-refractivity contribution in [2.75, 3.05) is 11.6 Å². The van der Waals surface area contributed by atoms with E-state index in [0.717, 1.165) is 6.26 Å². The van der Waals surface area contributed by atoms with E-state index in [1.54, 1.807) is 37.5 Å². The Morgan fingerprint density at radius 3 is 2.70 bits per heavy atom. The Balaban J connectivity index is 2.16. The van der Waals surface area contributed by atoms with Crippen LogP contribution in [0.3, 0.4) is 0 Å². The monoisotopic (exact) mass is 293 g/mol. The van der Waals surface area contributed by atoms with Crippen molar-refractivity contribution in [3.63, 3.8) is 0 Å². The minimum absolute atomic E-state index is 0.169. The molecule has 106 valence electrons. The predicted molar refractivity (Wildman–Crippen MR) is 75.1 cm³/mol. The Hall–Kier alpha value is -2.15. The molecule has 1 amide bonds. The number of carbonyl (C=O) groups is 1. The van der Waals surface area contributed by atoms with Crippen LogP contribution < -0.4 is 5.32 Å². The third kappa shape index (κ3) is 3.24. The number of carbonyl (C=O) groups excluding carboxylic acids is 1. The molecule has 1 atom stereocenters. The van der Waals surface area contributed by atoms with E-state index in [1.807, 2.05) is 0 Å². The maximum absolute atomic E-state index is 12.1. The number of anilines is 1. The lowest BCUT2D eigenvalue weighted by Crippen LogP contribution is -2.24. The van der Waals surface area contributed by atoms with E-state index in [-0.39, 0.29) is 10.8 Å². The summed E-state index contributed by atoms with van der Waals surface area (Å²) in [6.07, 6.45) is 4.41. The molecule has 2 aromatic rings. The molecule has 1 N–H and O–H groups in total. The molecule has 0 saturated heterocycles. The minimum atomic E-state index is -3.29. The van der Waals surface area contributed by atoms with Gasteiger partial charge < -0.3 is 5.32 Å². The van der Waals surface area contributed by atoms with Crippen molar-refractivity contribution >= 4 is 21.4 Å². The number of hydrogen-bond acceptors (Lipinski definition) is 4. The summed E-state index contributed by atoms with van der Waals surface area (Å²) in [6.45, 7) is 1.71. The van der Waals surface area contributed by atoms with Crippen LogP contribution in [-0.4, -0.2) is 30.4 Å². The average molecular weight is 293 g/mol. The van der Waals surface area contributed by atoms with Gasteiger partial charge in [0.15, 0.2) is 9.84 Å². The van der Waals surface area contributed by atoms with Gasteiger partial charge in [-0.2, -0.15) is 5.10 Å². The van der Waals surface area contributed by atoms with Gasteiger partial charge in [0.2, 0.25) is 5.91 Å². The number of nitrogens with zero attached hydrogens (tertiary/aromatic N) is 2. The molecular formula is C13H15N3O3S. The summed E-state index contributed by atoms with van der Waals surface area (Å²) >= 11 is 0. The van der Waals surface area contributed by atoms with E-state index in [0.29, 0.717) is 5.69 Å². The molecule has 0 aliphatic carbocycles. The lowest BCUT2D eigenvalue weighted by molar-refractivity contribution is -0.119. The molecule has 6 nitrogen and oxygen atoms in total. The maximum Gasteiger partial charge on any atom is 0.248 e. The summed E-state index contributed by atoms with van der Waals surface area (Å²) in [7, 11) is -3.29. The molecule has 1 unspecified atom stereocenters. The van der Waals surface area contributed by atoms with Gasteiger partial charge in [0.1, 0.15) is 6.04 Å². The van der Waals surface area contributed by atoms with Gasteiger partial charge in [-0.1, -0.05) is 6.07 Å². The lowest BCUT2D eigenvalue weighted by atomic mass is 10.2. The maximum atomic E-state index is 12.1. The molecule has 0 aliphatic rings. The Kier molecular flexibility index (Phi) is 3.89. The number of rotatable bonds is 4. The molecule has 2 rings (SSSR count). The van der Waals surface area contributed by atoms with Gasteiger partial charge in [0.25, 0.3) is 0 Å². The van der Waals surface area contributed by atoms with Crippen LogP contribution in [0.15, 0.2) is 47.6 Å². The fraction of sp³-hybridized carbons (Fsp3) is 0.231. The van der Waals surface area contributed by atoms with Crippen LogP contribution in [0.2, 0.25) is 0 Å². The van der Waals surface area contributed by atoms with Crippen molar-refractivity contribution in [1.29, 1.82) is 0 Å². The molecule has 0 bridgehead atoms. The molecule has 0 fully saturated rings. The molecule has 1 aromatic carbocycles. The van der Waals surface area contributed by atoms with Gasteiger partial charge in [-0.05, 0) is 31.2 Å². The second-order valence-corrected chi connectivity index (χ2v) is 6.47. The van der Waals surface area contributed by atoms with E-state index in [4.69, 9.17) is 0 Å². The number of aromatic nitrogens is 2. The third-order valence-corrected chi connectivity index (χ3v) is 3.94. The molecule has 1 aromatic heterocycles. The quantitative estimate of drug-likeness (QED) is 0.926. The first kappa shape index (κ1) is 14.3. The molecule has 20 heavy (non-hydrogen) atoms. The van der Waals surface area contributed by atoms with Gasteiger partial charge in [-0.25, -0.2) is 8.42 Å². The van der Waals surface area contributed by atoms with Crippen LogP contribution >= 0.6 is 0 Å². The topological polar surface area (TPSA) is 81.1 Å². The van der Waals surface area contributed by atoms with Gasteiger partial charge in [-0.15, -0.1) is 0 Å². The summed E-state index contributed by atoms with van der Waals surface area (Å²) in [6, 6.07) is 7.40. The highest BCUT2D eigenvalue weighted by molar-refractivity contribution is 7.90. The van der Waals surface area contributed by atoms with Crippen molar-refractivity contribution in [2.45, 2.75) is 17.9 Å². The van der Waals surface area contributed by atoms with Crippen LogP contribution in [-0.2, 0) is 14.6 Å². The van der Waals surface area contributed by atoms with E-state index in [2.05, 4.69) is 10.4 Å². The first-order valence-electron chi connectivity index (χ1n) is 5.98. The smallest absolute Gasteiger partial charge is 0.248 e. The zero-order chi connectivity index (χ0) is 14.8. The van der Waals surface area contributed by atoms with E-state index in [9.17, 15) is 13.2 Å². The summed E-state index contributed by atoms with van der Waals surface area (Å²) in [5, 5.41) is 6.67. The molecule has 0 spiro atoms. The second-order valence-electron chi connectivity index (χ2n) is 4.45. The second kappa shape index (κ2) is 5.46. The third-order valence-electron chi connectivity index (χ3n) is 2.83. The Morgan fingerprint density at radius 1 is 1.35 bits per heavy atom. The van der Waals surface area contributed by atoms with Gasteiger partial charge in [0.05, 0.1) is 4.90 Å². The minimum Gasteiger partial charge on any atom is -0.324 e. The molecule has 0 aliphatic heterocycles. The van der Waals surface area contributed by atoms with E-state index in [1.165, 1.54) is 16.8 Å². The van der Waals surface area contributed by atoms with E-state index >= 15 is 0 Å². The Morgan fingerprint density at radius 2 is 2.10 bits per heavy atom. The van der Waals surface area contributed by atoms with Crippen LogP contribution in [0.4, 0.5) is 5.69 Å². The summed E-state index contributed by atoms with van der Waals surface area (Å²) in [5.74, 6) is -0.264. The average Bonchev–Trinajstić information content (AvgIpc) is 2.91. The molecule has 7 heteroatoms. The Labute approximate surface area is 117 Å². The molecule has 0 radical (unpaired) electrons. The fourth-order valence-electron chi connectivity index (χ4n) is 1.68. The lowest BCUT2D eigenvalue weighted by Gasteiger charge is -2.13. The standard InChI is InChI=1S/C13H15N3O3S/c1-10(16-8-4-7-14-16)13(17)15-11-5-3-6-12(9-11)20(2,18)19/h3-10H,1-2H3,(H,15,17). The van der Waals surface area contributed by atoms with Crippen molar-refractivity contribution < 1.29 is 13.2 Å². The summed E-state index contributed by atoms with van der Waals surface area (Å²) in [5.41, 5.74) is 0.442. The highest BCUT2D eigenvalue weighted by Gasteiger charge is 2.16. The highest BCUT2D eigenvalue weighted by atomic mass is 32.2. The molecule has 0 saturated carbocycles. The normalized spacial score (nSPS) is 12.9.